The fourth-order valence-electron chi connectivity index (χ4n) is 2.94. The van der Waals surface area contributed by atoms with Crippen molar-refractivity contribution in [3.8, 4) is 6.07 Å². The van der Waals surface area contributed by atoms with Crippen molar-refractivity contribution in [2.45, 2.75) is 25.7 Å². The average molecular weight is 320 g/mol. The summed E-state index contributed by atoms with van der Waals surface area (Å²) in [6, 6.07) is 10.9. The van der Waals surface area contributed by atoms with Crippen molar-refractivity contribution in [2.24, 2.45) is 0 Å². The zero-order valence-electron chi connectivity index (χ0n) is 13.5. The number of hydrogen-bond donors (Lipinski definition) is 1. The van der Waals surface area contributed by atoms with Crippen molar-refractivity contribution in [3.05, 3.63) is 53.9 Å². The summed E-state index contributed by atoms with van der Waals surface area (Å²) in [5.74, 6) is -0.248. The second-order valence-corrected chi connectivity index (χ2v) is 5.94. The average Bonchev–Trinajstić information content (AvgIpc) is 2.92. The van der Waals surface area contributed by atoms with Crippen LogP contribution in [-0.4, -0.2) is 24.0 Å². The van der Waals surface area contributed by atoms with E-state index in [1.54, 1.807) is 30.5 Å². The summed E-state index contributed by atoms with van der Waals surface area (Å²) in [6.45, 7) is 2.01. The summed E-state index contributed by atoms with van der Waals surface area (Å²) in [5.41, 5.74) is 2.45. The zero-order chi connectivity index (χ0) is 16.8. The molecule has 1 aliphatic rings. The Labute approximate surface area is 141 Å². The molecule has 2 aromatic rings. The third-order valence-electron chi connectivity index (χ3n) is 4.25. The number of anilines is 2. The standard InChI is InChI=1S/C19H20N4O/c20-12-15-7-3-4-8-18(15)22-19(24)16-11-17(14-21-13-16)23-9-5-1-2-6-10-23/h3-4,7-8,11,13-14H,1-2,5-6,9-10H2,(H,22,24). The minimum absolute atomic E-state index is 0.248. The Morgan fingerprint density at radius 1 is 1.12 bits per heavy atom. The maximum absolute atomic E-state index is 12.5. The van der Waals surface area contributed by atoms with Gasteiger partial charge in [-0.15, -0.1) is 0 Å². The van der Waals surface area contributed by atoms with Crippen molar-refractivity contribution in [3.63, 3.8) is 0 Å². The Kier molecular flexibility index (Phi) is 5.07. The van der Waals surface area contributed by atoms with Gasteiger partial charge in [-0.05, 0) is 31.0 Å². The Balaban J connectivity index is 1.78. The molecule has 24 heavy (non-hydrogen) atoms. The van der Waals surface area contributed by atoms with Crippen LogP contribution in [0.3, 0.4) is 0 Å². The van der Waals surface area contributed by atoms with E-state index in [4.69, 9.17) is 5.26 Å². The number of nitriles is 1. The number of nitrogens with one attached hydrogen (secondary N) is 1. The summed E-state index contributed by atoms with van der Waals surface area (Å²) in [5, 5.41) is 11.9. The predicted octanol–water partition coefficient (Wildman–Crippen LogP) is 3.59. The van der Waals surface area contributed by atoms with Gasteiger partial charge in [-0.25, -0.2) is 0 Å². The molecule has 5 heteroatoms. The maximum atomic E-state index is 12.5. The van der Waals surface area contributed by atoms with Crippen LogP contribution in [0.2, 0.25) is 0 Å². The molecule has 0 saturated carbocycles. The smallest absolute Gasteiger partial charge is 0.257 e. The molecule has 1 amide bonds. The van der Waals surface area contributed by atoms with Gasteiger partial charge in [0.2, 0.25) is 0 Å². The molecule has 0 unspecified atom stereocenters. The molecule has 1 N–H and O–H groups in total. The highest BCUT2D eigenvalue weighted by molar-refractivity contribution is 6.05. The molecule has 5 nitrogen and oxygen atoms in total. The number of carbonyl (C=O) groups excluding carboxylic acids is 1. The Morgan fingerprint density at radius 3 is 2.62 bits per heavy atom. The second kappa shape index (κ2) is 7.60. The number of carbonyl (C=O) groups is 1. The van der Waals surface area contributed by atoms with Crippen LogP contribution in [0, 0.1) is 11.3 Å². The van der Waals surface area contributed by atoms with Crippen molar-refractivity contribution < 1.29 is 4.79 Å². The molecule has 2 heterocycles. The van der Waals surface area contributed by atoms with Crippen LogP contribution >= 0.6 is 0 Å². The molecule has 122 valence electrons. The summed E-state index contributed by atoms with van der Waals surface area (Å²) < 4.78 is 0. The number of benzene rings is 1. The molecule has 0 bridgehead atoms. The van der Waals surface area contributed by atoms with Gasteiger partial charge >= 0.3 is 0 Å². The van der Waals surface area contributed by atoms with Crippen molar-refractivity contribution >= 4 is 17.3 Å². The molecule has 1 saturated heterocycles. The Morgan fingerprint density at radius 2 is 1.88 bits per heavy atom. The molecule has 1 aliphatic heterocycles. The lowest BCUT2D eigenvalue weighted by Crippen LogP contribution is -2.24. The largest absolute Gasteiger partial charge is 0.370 e. The molecule has 1 aromatic carbocycles. The number of amides is 1. The highest BCUT2D eigenvalue weighted by Gasteiger charge is 2.14. The second-order valence-electron chi connectivity index (χ2n) is 5.94. The fourth-order valence-corrected chi connectivity index (χ4v) is 2.94. The van der Waals surface area contributed by atoms with E-state index in [-0.39, 0.29) is 5.91 Å². The molecule has 0 radical (unpaired) electrons. The van der Waals surface area contributed by atoms with Crippen molar-refractivity contribution in [2.75, 3.05) is 23.3 Å². The van der Waals surface area contributed by atoms with E-state index in [0.717, 1.165) is 18.8 Å². The topological polar surface area (TPSA) is 69.0 Å². The van der Waals surface area contributed by atoms with Gasteiger partial charge in [0.05, 0.1) is 28.7 Å². The first-order chi connectivity index (χ1) is 11.8. The van der Waals surface area contributed by atoms with Crippen LogP contribution in [0.15, 0.2) is 42.7 Å². The van der Waals surface area contributed by atoms with E-state index in [9.17, 15) is 4.79 Å². The molecule has 0 atom stereocenters. The minimum Gasteiger partial charge on any atom is -0.370 e. The highest BCUT2D eigenvalue weighted by atomic mass is 16.1. The minimum atomic E-state index is -0.248. The van der Waals surface area contributed by atoms with Gasteiger partial charge < -0.3 is 10.2 Å². The van der Waals surface area contributed by atoms with Crippen LogP contribution in [0.25, 0.3) is 0 Å². The number of para-hydroxylation sites is 1. The molecular formula is C19H20N4O. The van der Waals surface area contributed by atoms with Crippen LogP contribution in [-0.2, 0) is 0 Å². The predicted molar refractivity (Wildman–Crippen MR) is 94.0 cm³/mol. The Bertz CT molecular complexity index is 758. The van der Waals surface area contributed by atoms with E-state index in [0.29, 0.717) is 16.8 Å². The lowest BCUT2D eigenvalue weighted by Gasteiger charge is -2.22. The normalized spacial score (nSPS) is 14.5. The molecule has 3 rings (SSSR count). The van der Waals surface area contributed by atoms with Crippen LogP contribution in [0.4, 0.5) is 11.4 Å². The summed E-state index contributed by atoms with van der Waals surface area (Å²) in [7, 11) is 0. The van der Waals surface area contributed by atoms with Crippen molar-refractivity contribution in [1.82, 2.24) is 4.98 Å². The quantitative estimate of drug-likeness (QED) is 0.938. The van der Waals surface area contributed by atoms with Gasteiger partial charge in [-0.2, -0.15) is 5.26 Å². The van der Waals surface area contributed by atoms with Gasteiger partial charge in [0.25, 0.3) is 5.91 Å². The lowest BCUT2D eigenvalue weighted by atomic mass is 10.1. The number of hydrogen-bond acceptors (Lipinski definition) is 4. The van der Waals surface area contributed by atoms with E-state index in [1.807, 2.05) is 12.3 Å². The molecule has 1 fully saturated rings. The fraction of sp³-hybridized carbons (Fsp3) is 0.316. The van der Waals surface area contributed by atoms with Gasteiger partial charge in [-0.1, -0.05) is 25.0 Å². The first kappa shape index (κ1) is 16.0. The van der Waals surface area contributed by atoms with Gasteiger partial charge in [0.15, 0.2) is 0 Å². The van der Waals surface area contributed by atoms with Crippen molar-refractivity contribution in [1.29, 1.82) is 5.26 Å². The maximum Gasteiger partial charge on any atom is 0.257 e. The number of pyridine rings is 1. The van der Waals surface area contributed by atoms with Crippen LogP contribution < -0.4 is 10.2 Å². The van der Waals surface area contributed by atoms with Crippen LogP contribution in [0.5, 0.6) is 0 Å². The van der Waals surface area contributed by atoms with Gasteiger partial charge in [-0.3, -0.25) is 9.78 Å². The van der Waals surface area contributed by atoms with Gasteiger partial charge in [0, 0.05) is 19.3 Å². The number of rotatable bonds is 3. The van der Waals surface area contributed by atoms with E-state index >= 15 is 0 Å². The molecule has 0 aliphatic carbocycles. The summed E-state index contributed by atoms with van der Waals surface area (Å²) in [4.78, 5) is 19.0. The summed E-state index contributed by atoms with van der Waals surface area (Å²) >= 11 is 0. The number of nitrogens with zero attached hydrogens (tertiary/aromatic N) is 3. The summed E-state index contributed by atoms with van der Waals surface area (Å²) in [6.07, 6.45) is 8.24. The monoisotopic (exact) mass is 320 g/mol. The third-order valence-corrected chi connectivity index (χ3v) is 4.25. The SMILES string of the molecule is N#Cc1ccccc1NC(=O)c1cncc(N2CCCCCC2)c1. The molecule has 0 spiro atoms. The molecule has 1 aromatic heterocycles. The highest BCUT2D eigenvalue weighted by Crippen LogP contribution is 2.21. The van der Waals surface area contributed by atoms with Gasteiger partial charge in [0.1, 0.15) is 6.07 Å². The first-order valence-electron chi connectivity index (χ1n) is 8.28. The third kappa shape index (κ3) is 3.72. The van der Waals surface area contributed by atoms with Crippen LogP contribution in [0.1, 0.15) is 41.6 Å². The first-order valence-corrected chi connectivity index (χ1v) is 8.28. The number of aromatic nitrogens is 1. The lowest BCUT2D eigenvalue weighted by molar-refractivity contribution is 0.102. The zero-order valence-corrected chi connectivity index (χ0v) is 13.5. The Hall–Kier alpha value is -2.87. The van der Waals surface area contributed by atoms with E-state index < -0.39 is 0 Å². The molecular weight excluding hydrogens is 300 g/mol. The van der Waals surface area contributed by atoms with E-state index in [1.165, 1.54) is 25.7 Å². The van der Waals surface area contributed by atoms with E-state index in [2.05, 4.69) is 21.3 Å².